The van der Waals surface area contributed by atoms with E-state index in [4.69, 9.17) is 14.2 Å². The fourth-order valence-corrected chi connectivity index (χ4v) is 2.35. The number of ether oxygens (including phenoxy) is 3. The molecule has 8 heteroatoms. The van der Waals surface area contributed by atoms with Gasteiger partial charge in [-0.3, -0.25) is 14.5 Å². The lowest BCUT2D eigenvalue weighted by Crippen LogP contribution is -2.44. The largest absolute Gasteiger partial charge is 0.493 e. The van der Waals surface area contributed by atoms with Crippen LogP contribution in [0.3, 0.4) is 0 Å². The summed E-state index contributed by atoms with van der Waals surface area (Å²) in [6.07, 6.45) is 0. The van der Waals surface area contributed by atoms with Crippen molar-refractivity contribution in [3.05, 3.63) is 24.3 Å². The normalized spacial score (nSPS) is 14.6. The van der Waals surface area contributed by atoms with Gasteiger partial charge in [0.05, 0.1) is 26.9 Å². The number of nitrogens with zero attached hydrogens (tertiary/aromatic N) is 1. The number of morpholine rings is 1. The molecule has 0 saturated carbocycles. The second-order valence-electron chi connectivity index (χ2n) is 5.52. The zero-order valence-electron chi connectivity index (χ0n) is 14.5. The molecule has 0 atom stereocenters. The summed E-state index contributed by atoms with van der Waals surface area (Å²) >= 11 is 0. The molecule has 1 aromatic rings. The van der Waals surface area contributed by atoms with E-state index < -0.39 is 0 Å². The van der Waals surface area contributed by atoms with Gasteiger partial charge in [0, 0.05) is 26.2 Å². The molecule has 1 heterocycles. The third kappa shape index (κ3) is 6.98. The standard InChI is InChI=1S/C17H25N3O5/c1-23-14-4-2-3-5-15(14)25-13-17(22)19-12-16(21)18-6-7-20-8-10-24-11-9-20/h2-5H,6-13H2,1H3,(H,18,21)(H,19,22). The van der Waals surface area contributed by atoms with Gasteiger partial charge >= 0.3 is 0 Å². The van der Waals surface area contributed by atoms with Crippen LogP contribution >= 0.6 is 0 Å². The molecule has 0 aliphatic carbocycles. The molecule has 25 heavy (non-hydrogen) atoms. The monoisotopic (exact) mass is 351 g/mol. The minimum absolute atomic E-state index is 0.0722. The van der Waals surface area contributed by atoms with Crippen molar-refractivity contribution >= 4 is 11.8 Å². The molecule has 0 unspecified atom stereocenters. The van der Waals surface area contributed by atoms with Crippen LogP contribution < -0.4 is 20.1 Å². The first kappa shape index (κ1) is 19.0. The van der Waals surface area contributed by atoms with Crippen molar-refractivity contribution in [2.75, 3.05) is 59.7 Å². The van der Waals surface area contributed by atoms with Gasteiger partial charge in [0.2, 0.25) is 5.91 Å². The fraction of sp³-hybridized carbons (Fsp3) is 0.529. The lowest BCUT2D eigenvalue weighted by Gasteiger charge is -2.26. The maximum absolute atomic E-state index is 11.8. The Balaban J connectivity index is 1.58. The van der Waals surface area contributed by atoms with Crippen LogP contribution in [0.25, 0.3) is 0 Å². The highest BCUT2D eigenvalue weighted by atomic mass is 16.5. The molecule has 0 bridgehead atoms. The van der Waals surface area contributed by atoms with E-state index in [2.05, 4.69) is 15.5 Å². The Labute approximate surface area is 147 Å². The number of carbonyl (C=O) groups excluding carboxylic acids is 2. The van der Waals surface area contributed by atoms with E-state index in [0.29, 0.717) is 18.0 Å². The van der Waals surface area contributed by atoms with Crippen LogP contribution in [0.1, 0.15) is 0 Å². The molecule has 0 radical (unpaired) electrons. The van der Waals surface area contributed by atoms with Crippen molar-refractivity contribution in [2.45, 2.75) is 0 Å². The summed E-state index contributed by atoms with van der Waals surface area (Å²) < 4.78 is 15.8. The van der Waals surface area contributed by atoms with Crippen LogP contribution in [0.2, 0.25) is 0 Å². The maximum atomic E-state index is 11.8. The van der Waals surface area contributed by atoms with Gasteiger partial charge in [0.25, 0.3) is 5.91 Å². The Morgan fingerprint density at radius 2 is 1.84 bits per heavy atom. The van der Waals surface area contributed by atoms with Crippen LogP contribution in [0.4, 0.5) is 0 Å². The summed E-state index contributed by atoms with van der Waals surface area (Å²) in [5, 5.41) is 5.31. The second kappa shape index (κ2) is 10.5. The number of nitrogens with one attached hydrogen (secondary N) is 2. The molecule has 1 fully saturated rings. The van der Waals surface area contributed by atoms with Gasteiger partial charge in [0.1, 0.15) is 0 Å². The number of rotatable bonds is 9. The average molecular weight is 351 g/mol. The van der Waals surface area contributed by atoms with Gasteiger partial charge in [-0.2, -0.15) is 0 Å². The van der Waals surface area contributed by atoms with Crippen molar-refractivity contribution in [1.29, 1.82) is 0 Å². The number of methoxy groups -OCH3 is 1. The van der Waals surface area contributed by atoms with E-state index in [1.807, 2.05) is 6.07 Å². The molecule has 1 aromatic carbocycles. The molecular formula is C17H25N3O5. The molecule has 138 valence electrons. The lowest BCUT2D eigenvalue weighted by atomic mass is 10.3. The van der Waals surface area contributed by atoms with Gasteiger partial charge in [-0.25, -0.2) is 0 Å². The van der Waals surface area contributed by atoms with E-state index in [1.165, 1.54) is 7.11 Å². The molecule has 0 aromatic heterocycles. The maximum Gasteiger partial charge on any atom is 0.258 e. The summed E-state index contributed by atoms with van der Waals surface area (Å²) in [7, 11) is 1.53. The molecule has 2 amide bonds. The minimum atomic E-state index is -0.366. The molecule has 1 saturated heterocycles. The van der Waals surface area contributed by atoms with Gasteiger partial charge in [0.15, 0.2) is 18.1 Å². The van der Waals surface area contributed by atoms with Crippen molar-refractivity contribution < 1.29 is 23.8 Å². The second-order valence-corrected chi connectivity index (χ2v) is 5.52. The van der Waals surface area contributed by atoms with Crippen LogP contribution in [0, 0.1) is 0 Å². The highest BCUT2D eigenvalue weighted by Gasteiger charge is 2.11. The van der Waals surface area contributed by atoms with Crippen LogP contribution in [0.15, 0.2) is 24.3 Å². The number of hydrogen-bond donors (Lipinski definition) is 2. The number of para-hydroxylation sites is 2. The Bertz CT molecular complexity index is 561. The molecule has 2 N–H and O–H groups in total. The quantitative estimate of drug-likeness (QED) is 0.632. The summed E-state index contributed by atoms with van der Waals surface area (Å²) in [6.45, 7) is 4.30. The Morgan fingerprint density at radius 1 is 1.12 bits per heavy atom. The zero-order valence-corrected chi connectivity index (χ0v) is 14.5. The summed E-state index contributed by atoms with van der Waals surface area (Å²) in [5.41, 5.74) is 0. The SMILES string of the molecule is COc1ccccc1OCC(=O)NCC(=O)NCCN1CCOCC1. The van der Waals surface area contributed by atoms with Crippen molar-refractivity contribution in [2.24, 2.45) is 0 Å². The molecule has 8 nitrogen and oxygen atoms in total. The van der Waals surface area contributed by atoms with Crippen LogP contribution in [-0.4, -0.2) is 76.4 Å². The molecule has 2 rings (SSSR count). The van der Waals surface area contributed by atoms with Gasteiger partial charge < -0.3 is 24.8 Å². The third-order valence-electron chi connectivity index (χ3n) is 3.73. The molecule has 0 spiro atoms. The van der Waals surface area contributed by atoms with E-state index >= 15 is 0 Å². The van der Waals surface area contributed by atoms with E-state index in [1.54, 1.807) is 18.2 Å². The van der Waals surface area contributed by atoms with E-state index in [0.717, 1.165) is 32.8 Å². The van der Waals surface area contributed by atoms with E-state index in [9.17, 15) is 9.59 Å². The Kier molecular flexibility index (Phi) is 8.00. The van der Waals surface area contributed by atoms with Crippen LogP contribution in [0.5, 0.6) is 11.5 Å². The highest BCUT2D eigenvalue weighted by molar-refractivity contribution is 5.85. The molecular weight excluding hydrogens is 326 g/mol. The van der Waals surface area contributed by atoms with Gasteiger partial charge in [-0.1, -0.05) is 12.1 Å². The Morgan fingerprint density at radius 3 is 2.56 bits per heavy atom. The number of benzene rings is 1. The smallest absolute Gasteiger partial charge is 0.258 e. The predicted molar refractivity (Wildman–Crippen MR) is 91.8 cm³/mol. The van der Waals surface area contributed by atoms with Crippen molar-refractivity contribution in [3.63, 3.8) is 0 Å². The van der Waals surface area contributed by atoms with Crippen molar-refractivity contribution in [3.8, 4) is 11.5 Å². The van der Waals surface area contributed by atoms with Gasteiger partial charge in [-0.05, 0) is 12.1 Å². The summed E-state index contributed by atoms with van der Waals surface area (Å²) in [6, 6.07) is 7.06. The average Bonchev–Trinajstić information content (AvgIpc) is 2.65. The van der Waals surface area contributed by atoms with E-state index in [-0.39, 0.29) is 25.0 Å². The summed E-state index contributed by atoms with van der Waals surface area (Å²) in [5.74, 6) is 0.444. The fourth-order valence-electron chi connectivity index (χ4n) is 2.35. The molecule has 1 aliphatic heterocycles. The third-order valence-corrected chi connectivity index (χ3v) is 3.73. The van der Waals surface area contributed by atoms with Crippen molar-refractivity contribution in [1.82, 2.24) is 15.5 Å². The Hall–Kier alpha value is -2.32. The van der Waals surface area contributed by atoms with Gasteiger partial charge in [-0.15, -0.1) is 0 Å². The first-order valence-corrected chi connectivity index (χ1v) is 8.28. The lowest BCUT2D eigenvalue weighted by molar-refractivity contribution is -0.127. The summed E-state index contributed by atoms with van der Waals surface area (Å²) in [4.78, 5) is 25.7. The minimum Gasteiger partial charge on any atom is -0.493 e. The topological polar surface area (TPSA) is 89.1 Å². The van der Waals surface area contributed by atoms with Crippen LogP contribution in [-0.2, 0) is 14.3 Å². The zero-order chi connectivity index (χ0) is 17.9. The number of amides is 2. The first-order valence-electron chi connectivity index (χ1n) is 8.28. The number of hydrogen-bond acceptors (Lipinski definition) is 6. The first-order chi connectivity index (χ1) is 12.2. The highest BCUT2D eigenvalue weighted by Crippen LogP contribution is 2.25. The predicted octanol–water partition coefficient (Wildman–Crippen LogP) is -0.361. The molecule has 1 aliphatic rings. The number of carbonyl (C=O) groups is 2.